The predicted octanol–water partition coefficient (Wildman–Crippen LogP) is 3.05. The van der Waals surface area contributed by atoms with Gasteiger partial charge in [0.2, 0.25) is 0 Å². The summed E-state index contributed by atoms with van der Waals surface area (Å²) in [6.07, 6.45) is 0.539. The Balaban J connectivity index is 1.94. The molecule has 2 aromatic carbocycles. The zero-order valence-corrected chi connectivity index (χ0v) is 14.4. The van der Waals surface area contributed by atoms with Crippen LogP contribution in [0.15, 0.2) is 42.5 Å². The Bertz CT molecular complexity index is 951. The molecule has 0 radical (unpaired) electrons. The lowest BCUT2D eigenvalue weighted by Gasteiger charge is -2.24. The molecule has 1 saturated heterocycles. The number of fused-ring (bicyclic) bond motifs is 1. The minimum Gasteiger partial charge on any atom is -0.319 e. The summed E-state index contributed by atoms with van der Waals surface area (Å²) in [5, 5.41) is 22.6. The highest BCUT2D eigenvalue weighted by molar-refractivity contribution is 6.09. The number of imide groups is 1. The number of carbonyl (C=O) groups is 2. The van der Waals surface area contributed by atoms with Gasteiger partial charge < -0.3 is 5.32 Å². The molecule has 1 N–H and O–H groups in total. The second-order valence-electron chi connectivity index (χ2n) is 6.52. The number of nitrogens with zero attached hydrogens (tertiary/aromatic N) is 3. The molecule has 1 aliphatic heterocycles. The summed E-state index contributed by atoms with van der Waals surface area (Å²) in [6.45, 7) is 1.68. The number of nitriles is 2. The summed E-state index contributed by atoms with van der Waals surface area (Å²) in [5.74, 6) is -0.935. The number of rotatable bonds is 5. The predicted molar refractivity (Wildman–Crippen MR) is 95.5 cm³/mol. The highest BCUT2D eigenvalue weighted by Gasteiger charge is 2.49. The first-order chi connectivity index (χ1) is 12.5. The number of hydrogen-bond acceptors (Lipinski definition) is 4. The van der Waals surface area contributed by atoms with Crippen LogP contribution in [0.25, 0.3) is 10.8 Å². The van der Waals surface area contributed by atoms with Gasteiger partial charge in [0.25, 0.3) is 5.91 Å². The highest BCUT2D eigenvalue weighted by Crippen LogP contribution is 2.34. The zero-order valence-electron chi connectivity index (χ0n) is 14.4. The summed E-state index contributed by atoms with van der Waals surface area (Å²) in [4.78, 5) is 26.6. The first-order valence-corrected chi connectivity index (χ1v) is 8.40. The van der Waals surface area contributed by atoms with Gasteiger partial charge >= 0.3 is 6.03 Å². The molecule has 1 fully saturated rings. The van der Waals surface area contributed by atoms with Crippen LogP contribution in [0.5, 0.6) is 0 Å². The molecule has 2 aromatic rings. The first kappa shape index (κ1) is 17.4. The van der Waals surface area contributed by atoms with E-state index in [9.17, 15) is 14.9 Å². The molecule has 0 bridgehead atoms. The normalized spacial score (nSPS) is 20.5. The van der Waals surface area contributed by atoms with Crippen molar-refractivity contribution in [3.8, 4) is 12.1 Å². The van der Waals surface area contributed by atoms with E-state index in [-0.39, 0.29) is 18.9 Å². The molecule has 1 aliphatic rings. The van der Waals surface area contributed by atoms with Crippen molar-refractivity contribution in [2.45, 2.75) is 25.3 Å². The average molecular weight is 346 g/mol. The molecule has 3 amide bonds. The zero-order chi connectivity index (χ0) is 18.7. The van der Waals surface area contributed by atoms with E-state index in [4.69, 9.17) is 5.26 Å². The number of carbonyl (C=O) groups excluding carboxylic acids is 2. The number of urea groups is 1. The summed E-state index contributed by atoms with van der Waals surface area (Å²) < 4.78 is 0. The van der Waals surface area contributed by atoms with Gasteiger partial charge in [0.05, 0.1) is 18.1 Å². The van der Waals surface area contributed by atoms with Gasteiger partial charge in [0.1, 0.15) is 5.54 Å². The van der Waals surface area contributed by atoms with E-state index >= 15 is 0 Å². The molecule has 0 aliphatic carbocycles. The lowest BCUT2D eigenvalue weighted by Crippen LogP contribution is -2.41. The number of nitrogens with one attached hydrogen (secondary N) is 1. The fourth-order valence-corrected chi connectivity index (χ4v) is 3.36. The molecule has 2 atom stereocenters. The maximum absolute atomic E-state index is 13.1. The lowest BCUT2D eigenvalue weighted by atomic mass is 9.87. The monoisotopic (exact) mass is 346 g/mol. The quantitative estimate of drug-likeness (QED) is 0.841. The lowest BCUT2D eigenvalue weighted by molar-refractivity contribution is -0.131. The molecular weight excluding hydrogens is 328 g/mol. The van der Waals surface area contributed by atoms with Crippen LogP contribution >= 0.6 is 0 Å². The van der Waals surface area contributed by atoms with Crippen LogP contribution < -0.4 is 5.32 Å². The van der Waals surface area contributed by atoms with Gasteiger partial charge in [-0.25, -0.2) is 4.79 Å². The SMILES string of the molecule is C[C@]1(c2cccc3ccccc23)NC(=O)N(C[C@H](C#N)CCC#N)C1=O. The van der Waals surface area contributed by atoms with Crippen LogP contribution in [0, 0.1) is 28.6 Å². The van der Waals surface area contributed by atoms with Crippen LogP contribution in [0.2, 0.25) is 0 Å². The molecule has 0 aromatic heterocycles. The van der Waals surface area contributed by atoms with E-state index in [2.05, 4.69) is 11.4 Å². The summed E-state index contributed by atoms with van der Waals surface area (Å²) in [5.41, 5.74) is -0.463. The molecule has 3 rings (SSSR count). The van der Waals surface area contributed by atoms with E-state index in [0.717, 1.165) is 21.2 Å². The van der Waals surface area contributed by atoms with E-state index in [1.54, 1.807) is 6.92 Å². The molecular formula is C20H18N4O2. The van der Waals surface area contributed by atoms with Gasteiger partial charge in [-0.05, 0) is 29.7 Å². The standard InChI is InChI=1S/C20H18N4O2/c1-20(17-10-4-8-15-7-2-3-9-16(15)17)18(25)24(19(26)23-20)13-14(12-22)6-5-11-21/h2-4,7-10,14H,5-6,13H2,1H3,(H,23,26)/t14-,20+/m0/s1. The Morgan fingerprint density at radius 2 is 1.88 bits per heavy atom. The van der Waals surface area contributed by atoms with Crippen molar-refractivity contribution in [1.29, 1.82) is 10.5 Å². The maximum Gasteiger partial charge on any atom is 0.325 e. The summed E-state index contributed by atoms with van der Waals surface area (Å²) in [7, 11) is 0. The molecule has 6 nitrogen and oxygen atoms in total. The van der Waals surface area contributed by atoms with Crippen molar-refractivity contribution in [3.05, 3.63) is 48.0 Å². The molecule has 0 unspecified atom stereocenters. The molecule has 1 heterocycles. The van der Waals surface area contributed by atoms with Crippen LogP contribution in [0.4, 0.5) is 4.79 Å². The maximum atomic E-state index is 13.1. The third-order valence-electron chi connectivity index (χ3n) is 4.79. The van der Waals surface area contributed by atoms with Gasteiger partial charge in [0.15, 0.2) is 0 Å². The van der Waals surface area contributed by atoms with Crippen molar-refractivity contribution in [2.75, 3.05) is 6.54 Å². The Labute approximate surface area is 151 Å². The first-order valence-electron chi connectivity index (χ1n) is 8.40. The highest BCUT2D eigenvalue weighted by atomic mass is 16.2. The fourth-order valence-electron chi connectivity index (χ4n) is 3.36. The minimum absolute atomic E-state index is 0.0107. The van der Waals surface area contributed by atoms with Crippen molar-refractivity contribution in [3.63, 3.8) is 0 Å². The van der Waals surface area contributed by atoms with Gasteiger partial charge in [-0.3, -0.25) is 9.69 Å². The van der Waals surface area contributed by atoms with Gasteiger partial charge in [-0.15, -0.1) is 0 Å². The molecule has 0 spiro atoms. The topological polar surface area (TPSA) is 97.0 Å². The van der Waals surface area contributed by atoms with Crippen LogP contribution in [-0.2, 0) is 10.3 Å². The van der Waals surface area contributed by atoms with Gasteiger partial charge in [-0.1, -0.05) is 42.5 Å². The summed E-state index contributed by atoms with van der Waals surface area (Å²) in [6, 6.07) is 16.9. The average Bonchev–Trinajstić information content (AvgIpc) is 2.88. The fraction of sp³-hybridized carbons (Fsp3) is 0.300. The molecule has 6 heteroatoms. The van der Waals surface area contributed by atoms with E-state index < -0.39 is 17.5 Å². The van der Waals surface area contributed by atoms with Crippen molar-refractivity contribution in [2.24, 2.45) is 5.92 Å². The smallest absolute Gasteiger partial charge is 0.319 e. The number of benzene rings is 2. The van der Waals surface area contributed by atoms with E-state index in [0.29, 0.717) is 6.42 Å². The van der Waals surface area contributed by atoms with Crippen LogP contribution in [0.1, 0.15) is 25.3 Å². The molecule has 26 heavy (non-hydrogen) atoms. The second-order valence-corrected chi connectivity index (χ2v) is 6.52. The summed E-state index contributed by atoms with van der Waals surface area (Å²) >= 11 is 0. The Kier molecular flexibility index (Phi) is 4.60. The van der Waals surface area contributed by atoms with Gasteiger partial charge in [0, 0.05) is 13.0 Å². The molecule has 0 saturated carbocycles. The van der Waals surface area contributed by atoms with Crippen molar-refractivity contribution >= 4 is 22.7 Å². The third kappa shape index (κ3) is 2.87. The third-order valence-corrected chi connectivity index (χ3v) is 4.79. The van der Waals surface area contributed by atoms with Crippen molar-refractivity contribution in [1.82, 2.24) is 10.2 Å². The van der Waals surface area contributed by atoms with E-state index in [1.165, 1.54) is 0 Å². The molecule has 130 valence electrons. The van der Waals surface area contributed by atoms with Crippen LogP contribution in [0.3, 0.4) is 0 Å². The Morgan fingerprint density at radius 1 is 1.15 bits per heavy atom. The van der Waals surface area contributed by atoms with Crippen molar-refractivity contribution < 1.29 is 9.59 Å². The largest absolute Gasteiger partial charge is 0.325 e. The minimum atomic E-state index is -1.19. The number of amides is 3. The Morgan fingerprint density at radius 3 is 2.62 bits per heavy atom. The van der Waals surface area contributed by atoms with E-state index in [1.807, 2.05) is 48.5 Å². The van der Waals surface area contributed by atoms with Gasteiger partial charge in [-0.2, -0.15) is 10.5 Å². The second kappa shape index (κ2) is 6.85. The number of hydrogen-bond donors (Lipinski definition) is 1. The van der Waals surface area contributed by atoms with Crippen LogP contribution in [-0.4, -0.2) is 23.4 Å². The Hall–Kier alpha value is -3.38.